The summed E-state index contributed by atoms with van der Waals surface area (Å²) >= 11 is 0. The highest BCUT2D eigenvalue weighted by Crippen LogP contribution is 2.32. The Hall–Kier alpha value is -2.30. The highest BCUT2D eigenvalue weighted by Gasteiger charge is 2.32. The normalized spacial score (nSPS) is 18.7. The Balaban J connectivity index is 1.73. The largest absolute Gasteiger partial charge is 0.408 e. The summed E-state index contributed by atoms with van der Waals surface area (Å²) in [6.07, 6.45) is -2.55. The van der Waals surface area contributed by atoms with Gasteiger partial charge in [0, 0.05) is 14.1 Å². The Morgan fingerprint density at radius 3 is 2.64 bits per heavy atom. The van der Waals surface area contributed by atoms with Gasteiger partial charge in [-0.05, 0) is 41.9 Å². The quantitative estimate of drug-likeness (QED) is 0.802. The van der Waals surface area contributed by atoms with Gasteiger partial charge in [0.25, 0.3) is 0 Å². The lowest BCUT2D eigenvalue weighted by molar-refractivity contribution is -0.143. The molecule has 3 rings (SSSR count). The highest BCUT2D eigenvalue weighted by molar-refractivity contribution is 5.35. The summed E-state index contributed by atoms with van der Waals surface area (Å²) < 4.78 is 38.6. The van der Waals surface area contributed by atoms with Crippen molar-refractivity contribution in [3.8, 4) is 0 Å². The van der Waals surface area contributed by atoms with Gasteiger partial charge in [-0.1, -0.05) is 0 Å². The molecule has 0 spiro atoms. The number of halogens is 3. The Kier molecular flexibility index (Phi) is 4.84. The van der Waals surface area contributed by atoms with Gasteiger partial charge in [0.15, 0.2) is 11.6 Å². The summed E-state index contributed by atoms with van der Waals surface area (Å²) in [4.78, 5) is 3.90. The summed E-state index contributed by atoms with van der Waals surface area (Å²) in [5.74, 6) is 0.949. The van der Waals surface area contributed by atoms with E-state index in [0.717, 1.165) is 35.6 Å². The van der Waals surface area contributed by atoms with Crippen molar-refractivity contribution in [3.63, 3.8) is 0 Å². The zero-order valence-corrected chi connectivity index (χ0v) is 14.0. The Morgan fingerprint density at radius 1 is 1.20 bits per heavy atom. The molecule has 0 amide bonds. The zero-order chi connectivity index (χ0) is 18.0. The molecule has 1 aliphatic heterocycles. The smallest absolute Gasteiger partial charge is 0.361 e. The fraction of sp³-hybridized carbons (Fsp3) is 0.643. The van der Waals surface area contributed by atoms with Crippen molar-refractivity contribution in [1.29, 1.82) is 0 Å². The third-order valence-corrected chi connectivity index (χ3v) is 4.11. The molecule has 1 saturated heterocycles. The van der Waals surface area contributed by atoms with E-state index in [1.807, 2.05) is 36.0 Å². The van der Waals surface area contributed by atoms with Gasteiger partial charge in [-0.2, -0.15) is 18.3 Å². The molecule has 2 aromatic heterocycles. The number of anilines is 1. The van der Waals surface area contributed by atoms with Crippen LogP contribution in [0.2, 0.25) is 0 Å². The number of alkyl halides is 3. The first-order valence-electron chi connectivity index (χ1n) is 7.90. The lowest BCUT2D eigenvalue weighted by Crippen LogP contribution is -2.28. The molecular formula is C14H19F3N8. The fourth-order valence-electron chi connectivity index (χ4n) is 2.91. The van der Waals surface area contributed by atoms with Gasteiger partial charge in [0.2, 0.25) is 0 Å². The average Bonchev–Trinajstić information content (AvgIpc) is 3.16. The van der Waals surface area contributed by atoms with Crippen LogP contribution in [0, 0.1) is 0 Å². The molecule has 25 heavy (non-hydrogen) atoms. The molecule has 3 heterocycles. The van der Waals surface area contributed by atoms with Crippen LogP contribution >= 0.6 is 0 Å². The molecule has 11 heteroatoms. The molecule has 1 fully saturated rings. The van der Waals surface area contributed by atoms with E-state index in [9.17, 15) is 13.2 Å². The lowest BCUT2D eigenvalue weighted by atomic mass is 10.1. The third-order valence-electron chi connectivity index (χ3n) is 4.11. The van der Waals surface area contributed by atoms with Gasteiger partial charge in [-0.25, -0.2) is 4.68 Å². The van der Waals surface area contributed by atoms with Gasteiger partial charge in [0.05, 0.1) is 18.3 Å². The number of hydrogen-bond acceptors (Lipinski definition) is 7. The maximum absolute atomic E-state index is 12.6. The predicted octanol–water partition coefficient (Wildman–Crippen LogP) is 1.43. The van der Waals surface area contributed by atoms with E-state index in [-0.39, 0.29) is 18.4 Å². The maximum atomic E-state index is 12.6. The number of likely N-dealkylation sites (tertiary alicyclic amines) is 1. The summed E-state index contributed by atoms with van der Waals surface area (Å²) in [5.41, 5.74) is 0.804. The summed E-state index contributed by atoms with van der Waals surface area (Å²) in [6.45, 7) is -0.198. The van der Waals surface area contributed by atoms with Crippen LogP contribution in [0.25, 0.3) is 0 Å². The van der Waals surface area contributed by atoms with E-state index in [2.05, 4.69) is 25.7 Å². The van der Waals surface area contributed by atoms with Crippen LogP contribution < -0.4 is 4.90 Å². The van der Waals surface area contributed by atoms with E-state index >= 15 is 0 Å². The molecule has 1 atom stereocenters. The van der Waals surface area contributed by atoms with Crippen molar-refractivity contribution in [2.75, 3.05) is 25.5 Å². The maximum Gasteiger partial charge on any atom is 0.408 e. The second-order valence-corrected chi connectivity index (χ2v) is 6.21. The molecular weight excluding hydrogens is 337 g/mol. The van der Waals surface area contributed by atoms with Crippen molar-refractivity contribution >= 4 is 5.82 Å². The van der Waals surface area contributed by atoms with Crippen LogP contribution in [0.3, 0.4) is 0 Å². The molecule has 136 valence electrons. The molecule has 1 unspecified atom stereocenters. The molecule has 0 saturated carbocycles. The number of rotatable bonds is 5. The van der Waals surface area contributed by atoms with Crippen molar-refractivity contribution in [2.45, 2.75) is 38.1 Å². The van der Waals surface area contributed by atoms with Crippen LogP contribution in [0.15, 0.2) is 12.1 Å². The summed E-state index contributed by atoms with van der Waals surface area (Å²) in [6, 6.07) is 3.79. The second-order valence-electron chi connectivity index (χ2n) is 6.21. The van der Waals surface area contributed by atoms with Gasteiger partial charge < -0.3 is 4.90 Å². The molecule has 1 aliphatic rings. The number of tetrazole rings is 1. The van der Waals surface area contributed by atoms with E-state index in [4.69, 9.17) is 0 Å². The number of hydrogen-bond donors (Lipinski definition) is 0. The molecule has 0 aliphatic carbocycles. The SMILES string of the molecule is CN(C)c1ccc(C2CCCN2Cc2nnnn2CC(F)(F)F)nn1. The topological polar surface area (TPSA) is 75.9 Å². The third kappa shape index (κ3) is 4.21. The molecule has 0 aromatic carbocycles. The van der Waals surface area contributed by atoms with E-state index < -0.39 is 12.7 Å². The monoisotopic (exact) mass is 356 g/mol. The average molecular weight is 356 g/mol. The van der Waals surface area contributed by atoms with E-state index in [1.165, 1.54) is 0 Å². The van der Waals surface area contributed by atoms with Gasteiger partial charge in [-0.15, -0.1) is 10.2 Å². The van der Waals surface area contributed by atoms with Crippen LogP contribution in [-0.4, -0.2) is 62.1 Å². The molecule has 2 aromatic rings. The summed E-state index contributed by atoms with van der Waals surface area (Å²) in [5, 5.41) is 19.0. The molecule has 0 N–H and O–H groups in total. The van der Waals surface area contributed by atoms with Crippen LogP contribution in [0.4, 0.5) is 19.0 Å². The Labute approximate surface area is 142 Å². The number of nitrogens with zero attached hydrogens (tertiary/aromatic N) is 8. The van der Waals surface area contributed by atoms with Gasteiger partial charge >= 0.3 is 6.18 Å². The second kappa shape index (κ2) is 6.90. The summed E-state index contributed by atoms with van der Waals surface area (Å²) in [7, 11) is 3.76. The highest BCUT2D eigenvalue weighted by atomic mass is 19.4. The Bertz CT molecular complexity index is 697. The van der Waals surface area contributed by atoms with Crippen molar-refractivity contribution in [2.24, 2.45) is 0 Å². The van der Waals surface area contributed by atoms with Crippen LogP contribution in [0.1, 0.15) is 30.4 Å². The minimum atomic E-state index is -4.36. The zero-order valence-electron chi connectivity index (χ0n) is 14.0. The minimum Gasteiger partial charge on any atom is -0.361 e. The van der Waals surface area contributed by atoms with E-state index in [1.54, 1.807) is 0 Å². The van der Waals surface area contributed by atoms with Crippen LogP contribution in [-0.2, 0) is 13.1 Å². The van der Waals surface area contributed by atoms with Gasteiger partial charge in [0.1, 0.15) is 6.54 Å². The van der Waals surface area contributed by atoms with Gasteiger partial charge in [-0.3, -0.25) is 4.90 Å². The Morgan fingerprint density at radius 2 is 2.00 bits per heavy atom. The van der Waals surface area contributed by atoms with Crippen molar-refractivity contribution in [3.05, 3.63) is 23.7 Å². The first-order chi connectivity index (χ1) is 11.8. The lowest BCUT2D eigenvalue weighted by Gasteiger charge is -2.23. The first-order valence-corrected chi connectivity index (χ1v) is 7.90. The van der Waals surface area contributed by atoms with Crippen molar-refractivity contribution < 1.29 is 13.2 Å². The molecule has 8 nitrogen and oxygen atoms in total. The fourth-order valence-corrected chi connectivity index (χ4v) is 2.91. The molecule has 0 radical (unpaired) electrons. The predicted molar refractivity (Wildman–Crippen MR) is 82.6 cm³/mol. The van der Waals surface area contributed by atoms with Crippen LogP contribution in [0.5, 0.6) is 0 Å². The standard InChI is InChI=1S/C14H19F3N8/c1-23(2)12-6-5-10(18-19-12)11-4-3-7-24(11)8-13-20-21-22-25(13)9-14(15,16)17/h5-6,11H,3-4,7-9H2,1-2H3. The van der Waals surface area contributed by atoms with E-state index in [0.29, 0.717) is 0 Å². The minimum absolute atomic E-state index is 0.000232. The van der Waals surface area contributed by atoms with Crippen molar-refractivity contribution in [1.82, 2.24) is 35.3 Å². The number of aromatic nitrogens is 6. The first kappa shape index (κ1) is 17.5. The molecule has 0 bridgehead atoms.